The molecule has 0 amide bonds. The minimum absolute atomic E-state index is 0.697. The molecule has 72 valence electrons. The molecule has 0 bridgehead atoms. The molecule has 0 fully saturated rings. The smallest absolute Gasteiger partial charge is 0.0794 e. The van der Waals surface area contributed by atoms with Crippen LogP contribution in [0.1, 0.15) is 10.4 Å². The number of aromatic nitrogens is 1. The summed E-state index contributed by atoms with van der Waals surface area (Å²) < 4.78 is 0. The molecule has 0 aliphatic carbocycles. The summed E-state index contributed by atoms with van der Waals surface area (Å²) in [5.74, 6) is 0. The summed E-state index contributed by atoms with van der Waals surface area (Å²) >= 11 is 7.68. The Hall–Kier alpha value is -1.06. The topological polar surface area (TPSA) is 38.9 Å². The van der Waals surface area contributed by atoms with E-state index in [9.17, 15) is 0 Å². The van der Waals surface area contributed by atoms with Crippen molar-refractivity contribution in [3.63, 3.8) is 0 Å². The molecule has 2 nitrogen and oxygen atoms in total. The van der Waals surface area contributed by atoms with E-state index in [4.69, 9.17) is 17.3 Å². The van der Waals surface area contributed by atoms with Crippen LogP contribution >= 0.6 is 22.9 Å². The first kappa shape index (κ1) is 9.49. The van der Waals surface area contributed by atoms with Crippen LogP contribution in [0, 0.1) is 0 Å². The van der Waals surface area contributed by atoms with Crippen molar-refractivity contribution in [2.45, 2.75) is 6.42 Å². The molecule has 1 aromatic heterocycles. The predicted molar refractivity (Wildman–Crippen MR) is 60.8 cm³/mol. The zero-order valence-electron chi connectivity index (χ0n) is 7.40. The summed E-state index contributed by atoms with van der Waals surface area (Å²) in [4.78, 5) is 5.22. The Morgan fingerprint density at radius 2 is 2.29 bits per heavy atom. The standard InChI is InChI=1S/C10H9ClN2S/c11-10-4-8(12)2-1-7(10)3-9-5-13-6-14-9/h1-2,4-6H,3,12H2. The van der Waals surface area contributed by atoms with Crippen LogP contribution in [-0.4, -0.2) is 4.98 Å². The molecule has 0 saturated carbocycles. The minimum atomic E-state index is 0.697. The number of nitrogens with two attached hydrogens (primary N) is 1. The van der Waals surface area contributed by atoms with Crippen LogP contribution in [0.5, 0.6) is 0 Å². The molecule has 0 aliphatic rings. The van der Waals surface area contributed by atoms with Gasteiger partial charge in [0.15, 0.2) is 0 Å². The lowest BCUT2D eigenvalue weighted by Crippen LogP contribution is -1.89. The molecule has 0 saturated heterocycles. The van der Waals surface area contributed by atoms with Gasteiger partial charge in [0.05, 0.1) is 5.51 Å². The van der Waals surface area contributed by atoms with Crippen molar-refractivity contribution in [3.8, 4) is 0 Å². The number of nitrogens with zero attached hydrogens (tertiary/aromatic N) is 1. The maximum atomic E-state index is 6.05. The van der Waals surface area contributed by atoms with E-state index in [2.05, 4.69) is 4.98 Å². The van der Waals surface area contributed by atoms with E-state index in [0.29, 0.717) is 5.69 Å². The van der Waals surface area contributed by atoms with E-state index in [0.717, 1.165) is 17.0 Å². The molecule has 0 radical (unpaired) electrons. The maximum Gasteiger partial charge on any atom is 0.0794 e. The fraction of sp³-hybridized carbons (Fsp3) is 0.100. The second-order valence-corrected chi connectivity index (χ2v) is 4.37. The molecule has 2 rings (SSSR count). The van der Waals surface area contributed by atoms with Gasteiger partial charge in [0.2, 0.25) is 0 Å². The number of thiazole rings is 1. The largest absolute Gasteiger partial charge is 0.399 e. The summed E-state index contributed by atoms with van der Waals surface area (Å²) in [6.07, 6.45) is 2.68. The van der Waals surface area contributed by atoms with Crippen LogP contribution < -0.4 is 5.73 Å². The second-order valence-electron chi connectivity index (χ2n) is 3.00. The zero-order chi connectivity index (χ0) is 9.97. The molecule has 0 spiro atoms. The van der Waals surface area contributed by atoms with Gasteiger partial charge in [-0.1, -0.05) is 17.7 Å². The molecule has 4 heteroatoms. The molecule has 1 aromatic carbocycles. The average molecular weight is 225 g/mol. The van der Waals surface area contributed by atoms with Gasteiger partial charge in [-0.3, -0.25) is 4.98 Å². The van der Waals surface area contributed by atoms with Crippen molar-refractivity contribution in [1.82, 2.24) is 4.98 Å². The van der Waals surface area contributed by atoms with Crippen LogP contribution in [0.4, 0.5) is 5.69 Å². The quantitative estimate of drug-likeness (QED) is 0.797. The lowest BCUT2D eigenvalue weighted by Gasteiger charge is -2.02. The summed E-state index contributed by atoms with van der Waals surface area (Å²) in [5, 5.41) is 0.721. The Morgan fingerprint density at radius 1 is 1.43 bits per heavy atom. The highest BCUT2D eigenvalue weighted by atomic mass is 35.5. The van der Waals surface area contributed by atoms with E-state index in [1.165, 1.54) is 4.88 Å². The summed E-state index contributed by atoms with van der Waals surface area (Å²) in [7, 11) is 0. The lowest BCUT2D eigenvalue weighted by atomic mass is 10.1. The van der Waals surface area contributed by atoms with Crippen LogP contribution in [0.15, 0.2) is 29.9 Å². The van der Waals surface area contributed by atoms with Gasteiger partial charge in [-0.15, -0.1) is 11.3 Å². The average Bonchev–Trinajstić information content (AvgIpc) is 2.62. The fourth-order valence-corrected chi connectivity index (χ4v) is 2.10. The van der Waals surface area contributed by atoms with Crippen LogP contribution in [0.25, 0.3) is 0 Å². The van der Waals surface area contributed by atoms with Crippen LogP contribution in [0.2, 0.25) is 5.02 Å². The normalized spacial score (nSPS) is 10.4. The third-order valence-corrected chi connectivity index (χ3v) is 3.06. The number of rotatable bonds is 2. The molecular formula is C10H9ClN2S. The van der Waals surface area contributed by atoms with Crippen LogP contribution in [0.3, 0.4) is 0 Å². The summed E-state index contributed by atoms with van der Waals surface area (Å²) in [6.45, 7) is 0. The summed E-state index contributed by atoms with van der Waals surface area (Å²) in [5.41, 5.74) is 9.21. The Bertz CT molecular complexity index is 426. The van der Waals surface area contributed by atoms with Crippen molar-refractivity contribution in [3.05, 3.63) is 45.4 Å². The molecular weight excluding hydrogens is 216 g/mol. The monoisotopic (exact) mass is 224 g/mol. The fourth-order valence-electron chi connectivity index (χ4n) is 1.22. The van der Waals surface area contributed by atoms with E-state index in [1.54, 1.807) is 17.4 Å². The van der Waals surface area contributed by atoms with Crippen molar-refractivity contribution in [2.24, 2.45) is 0 Å². The Kier molecular flexibility index (Phi) is 2.70. The van der Waals surface area contributed by atoms with Gasteiger partial charge in [-0.25, -0.2) is 0 Å². The Morgan fingerprint density at radius 3 is 2.93 bits per heavy atom. The molecule has 0 aliphatic heterocycles. The van der Waals surface area contributed by atoms with Crippen molar-refractivity contribution in [2.75, 3.05) is 5.73 Å². The van der Waals surface area contributed by atoms with Crippen LogP contribution in [-0.2, 0) is 6.42 Å². The third kappa shape index (κ3) is 2.05. The van der Waals surface area contributed by atoms with Gasteiger partial charge in [0.1, 0.15) is 0 Å². The van der Waals surface area contributed by atoms with E-state index in [1.807, 2.05) is 23.8 Å². The molecule has 2 aromatic rings. The molecule has 0 atom stereocenters. The van der Waals surface area contributed by atoms with Crippen molar-refractivity contribution >= 4 is 28.6 Å². The Balaban J connectivity index is 2.25. The minimum Gasteiger partial charge on any atom is -0.399 e. The number of anilines is 1. The van der Waals surface area contributed by atoms with E-state index < -0.39 is 0 Å². The van der Waals surface area contributed by atoms with Gasteiger partial charge in [0, 0.05) is 28.2 Å². The van der Waals surface area contributed by atoms with Gasteiger partial charge >= 0.3 is 0 Å². The summed E-state index contributed by atoms with van der Waals surface area (Å²) in [6, 6.07) is 5.59. The molecule has 0 unspecified atom stereocenters. The highest BCUT2D eigenvalue weighted by molar-refractivity contribution is 7.09. The predicted octanol–water partition coefficient (Wildman–Crippen LogP) is 2.97. The Labute approximate surface area is 91.4 Å². The second kappa shape index (κ2) is 3.98. The molecule has 2 N–H and O–H groups in total. The SMILES string of the molecule is Nc1ccc(Cc2cncs2)c(Cl)c1. The lowest BCUT2D eigenvalue weighted by molar-refractivity contribution is 1.22. The number of hydrogen-bond acceptors (Lipinski definition) is 3. The first-order valence-corrected chi connectivity index (χ1v) is 5.43. The van der Waals surface area contributed by atoms with Crippen molar-refractivity contribution in [1.29, 1.82) is 0 Å². The number of hydrogen-bond donors (Lipinski definition) is 1. The number of halogens is 1. The highest BCUT2D eigenvalue weighted by Crippen LogP contribution is 2.23. The highest BCUT2D eigenvalue weighted by Gasteiger charge is 2.02. The third-order valence-electron chi connectivity index (χ3n) is 1.93. The van der Waals surface area contributed by atoms with Gasteiger partial charge in [-0.2, -0.15) is 0 Å². The number of nitrogen functional groups attached to an aromatic ring is 1. The number of benzene rings is 1. The zero-order valence-corrected chi connectivity index (χ0v) is 8.98. The molecule has 1 heterocycles. The van der Waals surface area contributed by atoms with E-state index >= 15 is 0 Å². The van der Waals surface area contributed by atoms with Gasteiger partial charge in [-0.05, 0) is 17.7 Å². The van der Waals surface area contributed by atoms with E-state index in [-0.39, 0.29) is 0 Å². The maximum absolute atomic E-state index is 6.05. The van der Waals surface area contributed by atoms with Crippen molar-refractivity contribution < 1.29 is 0 Å². The van der Waals surface area contributed by atoms with Gasteiger partial charge in [0.25, 0.3) is 0 Å². The first-order chi connectivity index (χ1) is 6.75. The van der Waals surface area contributed by atoms with Gasteiger partial charge < -0.3 is 5.73 Å². The molecule has 14 heavy (non-hydrogen) atoms. The first-order valence-electron chi connectivity index (χ1n) is 4.17.